The van der Waals surface area contributed by atoms with E-state index in [0.717, 1.165) is 35.0 Å². The van der Waals surface area contributed by atoms with E-state index in [2.05, 4.69) is 103 Å². The highest BCUT2D eigenvalue weighted by molar-refractivity contribution is 7.80. The van der Waals surface area contributed by atoms with Crippen LogP contribution in [0.15, 0.2) is 103 Å². The van der Waals surface area contributed by atoms with E-state index in [1.807, 2.05) is 42.6 Å². The Hall–Kier alpha value is -4.42. The predicted octanol–water partition coefficient (Wildman–Crippen LogP) is 8.33. The van der Waals surface area contributed by atoms with Gasteiger partial charge in [-0.05, 0) is 117 Å². The zero-order chi connectivity index (χ0) is 28.5. The smallest absolute Gasteiger partial charge is 0.174 e. The maximum absolute atomic E-state index is 6.10. The van der Waals surface area contributed by atoms with E-state index in [-0.39, 0.29) is 12.1 Å². The highest BCUT2D eigenvalue weighted by Crippen LogP contribution is 2.44. The summed E-state index contributed by atoms with van der Waals surface area (Å²) in [7, 11) is 0. The van der Waals surface area contributed by atoms with Crippen LogP contribution in [0.4, 0.5) is 5.69 Å². The lowest BCUT2D eigenvalue weighted by Gasteiger charge is -2.28. The number of thiocarbonyl (C=S) groups is 1. The minimum absolute atomic E-state index is 0.0869. The largest absolute Gasteiger partial charge is 0.457 e. The number of hydrogen-bond acceptors (Lipinski definition) is 3. The van der Waals surface area contributed by atoms with Crippen LogP contribution in [-0.4, -0.2) is 14.7 Å². The molecule has 0 unspecified atom stereocenters. The number of nitrogens with zero attached hydrogens (tertiary/aromatic N) is 3. The van der Waals surface area contributed by atoms with Crippen LogP contribution >= 0.6 is 12.2 Å². The van der Waals surface area contributed by atoms with E-state index in [4.69, 9.17) is 21.9 Å². The van der Waals surface area contributed by atoms with Gasteiger partial charge in [0.25, 0.3) is 0 Å². The van der Waals surface area contributed by atoms with Crippen LogP contribution in [0.1, 0.15) is 52.8 Å². The minimum Gasteiger partial charge on any atom is -0.457 e. The van der Waals surface area contributed by atoms with Gasteiger partial charge in [-0.1, -0.05) is 42.8 Å². The molecular formula is C35H34N4OS. The molecule has 41 heavy (non-hydrogen) atoms. The molecule has 206 valence electrons. The SMILES string of the molecule is CCc1ccc(-n2c(C)cc([C@@H]3[C@@H](c4ccccn4)NC(=S)N3c3ccc(Oc4ccc(C)cc4)cc3)c2C)cc1. The quantitative estimate of drug-likeness (QED) is 0.203. The van der Waals surface area contributed by atoms with Gasteiger partial charge in [0.1, 0.15) is 11.5 Å². The fraction of sp³-hybridized carbons (Fsp3) is 0.200. The van der Waals surface area contributed by atoms with Crippen LogP contribution in [0.3, 0.4) is 0 Å². The van der Waals surface area contributed by atoms with E-state index < -0.39 is 0 Å². The summed E-state index contributed by atoms with van der Waals surface area (Å²) in [6.45, 7) is 8.62. The molecule has 0 spiro atoms. The molecule has 5 aromatic rings. The molecule has 6 rings (SSSR count). The number of ether oxygens (including phenoxy) is 1. The molecule has 1 N–H and O–H groups in total. The van der Waals surface area contributed by atoms with Crippen molar-refractivity contribution in [2.24, 2.45) is 0 Å². The second-order valence-corrected chi connectivity index (χ2v) is 11.0. The van der Waals surface area contributed by atoms with Crippen LogP contribution in [-0.2, 0) is 6.42 Å². The molecule has 3 heterocycles. The molecule has 5 nitrogen and oxygen atoms in total. The van der Waals surface area contributed by atoms with Gasteiger partial charge in [0.15, 0.2) is 5.11 Å². The van der Waals surface area contributed by atoms with E-state index in [0.29, 0.717) is 5.11 Å². The Morgan fingerprint density at radius 3 is 2.12 bits per heavy atom. The Bertz CT molecular complexity index is 1660. The summed E-state index contributed by atoms with van der Waals surface area (Å²) in [6.07, 6.45) is 2.87. The second kappa shape index (κ2) is 11.2. The molecule has 2 atom stereocenters. The lowest BCUT2D eigenvalue weighted by Crippen LogP contribution is -2.29. The summed E-state index contributed by atoms with van der Waals surface area (Å²) < 4.78 is 8.44. The molecule has 6 heteroatoms. The summed E-state index contributed by atoms with van der Waals surface area (Å²) in [5.74, 6) is 1.59. The average molecular weight is 559 g/mol. The normalized spacial score (nSPS) is 16.6. The van der Waals surface area contributed by atoms with Gasteiger partial charge >= 0.3 is 0 Å². The molecule has 1 aliphatic heterocycles. The first-order valence-electron chi connectivity index (χ1n) is 14.1. The minimum atomic E-state index is -0.108. The van der Waals surface area contributed by atoms with Crippen LogP contribution in [0.2, 0.25) is 0 Å². The lowest BCUT2D eigenvalue weighted by molar-refractivity contribution is 0.482. The van der Waals surface area contributed by atoms with Crippen LogP contribution in [0.25, 0.3) is 5.69 Å². The second-order valence-electron chi connectivity index (χ2n) is 10.6. The monoisotopic (exact) mass is 558 g/mol. The first-order valence-corrected chi connectivity index (χ1v) is 14.5. The van der Waals surface area contributed by atoms with Crippen molar-refractivity contribution in [1.29, 1.82) is 0 Å². The van der Waals surface area contributed by atoms with Crippen molar-refractivity contribution < 1.29 is 4.74 Å². The van der Waals surface area contributed by atoms with Crippen molar-refractivity contribution >= 4 is 23.0 Å². The third-order valence-corrected chi connectivity index (χ3v) is 8.18. The van der Waals surface area contributed by atoms with Gasteiger partial charge < -0.3 is 19.5 Å². The van der Waals surface area contributed by atoms with Gasteiger partial charge in [-0.2, -0.15) is 0 Å². The Morgan fingerprint density at radius 1 is 0.829 bits per heavy atom. The highest BCUT2D eigenvalue weighted by atomic mass is 32.1. The number of nitrogens with one attached hydrogen (secondary N) is 1. The number of pyridine rings is 1. The molecule has 2 aromatic heterocycles. The Balaban J connectivity index is 1.39. The molecule has 0 radical (unpaired) electrons. The van der Waals surface area contributed by atoms with Crippen LogP contribution in [0, 0.1) is 20.8 Å². The first-order chi connectivity index (χ1) is 19.9. The number of hydrogen-bond donors (Lipinski definition) is 1. The maximum atomic E-state index is 6.10. The molecule has 1 aliphatic rings. The van der Waals surface area contributed by atoms with Crippen LogP contribution < -0.4 is 15.0 Å². The lowest BCUT2D eigenvalue weighted by atomic mass is 9.96. The zero-order valence-corrected chi connectivity index (χ0v) is 24.7. The maximum Gasteiger partial charge on any atom is 0.174 e. The molecule has 0 bridgehead atoms. The zero-order valence-electron chi connectivity index (χ0n) is 23.8. The van der Waals surface area contributed by atoms with Crippen molar-refractivity contribution in [3.63, 3.8) is 0 Å². The van der Waals surface area contributed by atoms with Crippen molar-refractivity contribution in [3.8, 4) is 17.2 Å². The molecule has 1 saturated heterocycles. The fourth-order valence-electron chi connectivity index (χ4n) is 5.73. The Morgan fingerprint density at radius 2 is 1.49 bits per heavy atom. The van der Waals surface area contributed by atoms with Gasteiger partial charge in [0.05, 0.1) is 17.8 Å². The van der Waals surface area contributed by atoms with E-state index in [9.17, 15) is 0 Å². The summed E-state index contributed by atoms with van der Waals surface area (Å²) in [5.41, 5.74) is 9.24. The molecule has 1 fully saturated rings. The topological polar surface area (TPSA) is 42.3 Å². The van der Waals surface area contributed by atoms with Crippen molar-refractivity contribution in [2.75, 3.05) is 4.90 Å². The number of aromatic nitrogens is 2. The number of rotatable bonds is 7. The Labute approximate surface area is 247 Å². The van der Waals surface area contributed by atoms with Gasteiger partial charge in [-0.3, -0.25) is 4.98 Å². The van der Waals surface area contributed by atoms with Crippen LogP contribution in [0.5, 0.6) is 11.5 Å². The predicted molar refractivity (Wildman–Crippen MR) is 170 cm³/mol. The molecule has 0 amide bonds. The number of benzene rings is 3. The van der Waals surface area contributed by atoms with Gasteiger partial charge in [0, 0.05) is 29.0 Å². The van der Waals surface area contributed by atoms with Crippen molar-refractivity contribution in [1.82, 2.24) is 14.9 Å². The number of anilines is 1. The summed E-state index contributed by atoms with van der Waals surface area (Å²) >= 11 is 5.98. The van der Waals surface area contributed by atoms with E-state index in [1.165, 1.54) is 28.1 Å². The van der Waals surface area contributed by atoms with E-state index in [1.54, 1.807) is 0 Å². The van der Waals surface area contributed by atoms with Crippen molar-refractivity contribution in [2.45, 2.75) is 46.2 Å². The molecule has 0 saturated carbocycles. The van der Waals surface area contributed by atoms with Gasteiger partial charge in [-0.25, -0.2) is 0 Å². The highest BCUT2D eigenvalue weighted by Gasteiger charge is 2.42. The van der Waals surface area contributed by atoms with E-state index >= 15 is 0 Å². The number of aryl methyl sites for hydroxylation is 3. The van der Waals surface area contributed by atoms with Gasteiger partial charge in [-0.15, -0.1) is 0 Å². The summed E-state index contributed by atoms with van der Waals surface area (Å²) in [5, 5.41) is 4.27. The molecule has 3 aromatic carbocycles. The molecular weight excluding hydrogens is 524 g/mol. The first kappa shape index (κ1) is 26.8. The summed E-state index contributed by atoms with van der Waals surface area (Å²) in [6, 6.07) is 33.2. The molecule has 0 aliphatic carbocycles. The standard InChI is InChI=1S/C35H34N4OS/c1-5-26-11-13-27(14-12-26)38-24(3)22-31(25(38)4)34-33(32-8-6-7-21-36-32)37-35(41)39(34)28-15-19-30(20-16-28)40-29-17-9-23(2)10-18-29/h6-22,33-34H,5H2,1-4H3,(H,37,41)/t33-,34-/m1/s1. The average Bonchev–Trinajstić information content (AvgIpc) is 3.49. The van der Waals surface area contributed by atoms with Gasteiger partial charge in [0.2, 0.25) is 0 Å². The van der Waals surface area contributed by atoms with Crippen molar-refractivity contribution in [3.05, 3.63) is 137 Å². The Kier molecular flexibility index (Phi) is 7.33. The summed E-state index contributed by atoms with van der Waals surface area (Å²) in [4.78, 5) is 6.95. The third kappa shape index (κ3) is 5.23. The fourth-order valence-corrected chi connectivity index (χ4v) is 6.08. The third-order valence-electron chi connectivity index (χ3n) is 7.86.